The number of fused-ring (bicyclic) bond motifs is 1. The van der Waals surface area contributed by atoms with Crippen molar-refractivity contribution < 1.29 is 18.3 Å². The Morgan fingerprint density at radius 1 is 1.06 bits per heavy atom. The lowest BCUT2D eigenvalue weighted by Crippen LogP contribution is -2.46. The van der Waals surface area contributed by atoms with Crippen LogP contribution < -0.4 is 4.90 Å². The molecule has 1 saturated heterocycles. The van der Waals surface area contributed by atoms with Crippen LogP contribution >= 0.6 is 12.6 Å². The van der Waals surface area contributed by atoms with E-state index in [9.17, 15) is 13.2 Å². The van der Waals surface area contributed by atoms with Crippen molar-refractivity contribution in [3.63, 3.8) is 0 Å². The molecule has 3 aromatic rings. The van der Waals surface area contributed by atoms with E-state index in [0.29, 0.717) is 23.7 Å². The number of hydrogen-bond donors (Lipinski definition) is 2. The van der Waals surface area contributed by atoms with E-state index in [1.807, 2.05) is 36.2 Å². The molecule has 1 aromatic heterocycles. The fourth-order valence-electron chi connectivity index (χ4n) is 3.64. The number of piperazine rings is 1. The molecule has 0 spiro atoms. The molecule has 0 amide bonds. The highest BCUT2D eigenvalue weighted by atomic mass is 32.1. The van der Waals surface area contributed by atoms with Crippen molar-refractivity contribution >= 4 is 29.3 Å². The Morgan fingerprint density at radius 2 is 1.71 bits per heavy atom. The third kappa shape index (κ3) is 5.53. The fourth-order valence-corrected chi connectivity index (χ4v) is 3.92. The number of aryl methyl sites for hydroxylation is 1. The Kier molecular flexibility index (Phi) is 7.51. The molecule has 9 heteroatoms. The highest BCUT2D eigenvalue weighted by Crippen LogP contribution is 2.35. The lowest BCUT2D eigenvalue weighted by molar-refractivity contribution is -0.137. The molecule has 0 atom stereocenters. The fraction of sp³-hybridized carbons (Fsp3) is 0.409. The van der Waals surface area contributed by atoms with Gasteiger partial charge in [-0.15, -0.1) is 12.6 Å². The minimum absolute atomic E-state index is 0.250. The van der Waals surface area contributed by atoms with Gasteiger partial charge in [-0.2, -0.15) is 13.2 Å². The minimum Gasteiger partial charge on any atom is -0.397 e. The quantitative estimate of drug-likeness (QED) is 0.585. The molecular weight excluding hydrogens is 425 g/mol. The number of halogens is 3. The Hall–Kier alpha value is -2.23. The van der Waals surface area contributed by atoms with Gasteiger partial charge in [-0.25, -0.2) is 4.98 Å². The zero-order valence-electron chi connectivity index (χ0n) is 17.6. The number of aliphatic hydroxyl groups is 1. The molecule has 4 rings (SSSR count). The highest BCUT2D eigenvalue weighted by molar-refractivity contribution is 7.80. The smallest absolute Gasteiger partial charge is 0.397 e. The van der Waals surface area contributed by atoms with Crippen LogP contribution in [0.4, 0.5) is 18.9 Å². The van der Waals surface area contributed by atoms with Crippen LogP contribution in [0.25, 0.3) is 11.0 Å². The van der Waals surface area contributed by atoms with Crippen molar-refractivity contribution in [1.29, 1.82) is 0 Å². The molecular formula is C22H27F3N4OS. The van der Waals surface area contributed by atoms with E-state index in [-0.39, 0.29) is 6.61 Å². The molecule has 0 unspecified atom stereocenters. The number of rotatable bonds is 3. The molecule has 5 nitrogen and oxygen atoms in total. The van der Waals surface area contributed by atoms with Crippen molar-refractivity contribution in [2.45, 2.75) is 24.5 Å². The molecule has 31 heavy (non-hydrogen) atoms. The first-order valence-electron chi connectivity index (χ1n) is 10.1. The SMILES string of the molecule is CCO.Cn1c(CN2CCN(c3cc(C(F)(F)F)ccc3S)CC2)nc2ccccc21. The number of thiol groups is 1. The third-order valence-corrected chi connectivity index (χ3v) is 5.64. The van der Waals surface area contributed by atoms with E-state index in [0.717, 1.165) is 42.6 Å². The second-order valence-electron chi connectivity index (χ2n) is 7.36. The monoisotopic (exact) mass is 452 g/mol. The number of nitrogens with zero attached hydrogens (tertiary/aromatic N) is 4. The number of benzene rings is 2. The van der Waals surface area contributed by atoms with E-state index < -0.39 is 11.7 Å². The zero-order chi connectivity index (χ0) is 22.6. The van der Waals surface area contributed by atoms with Crippen molar-refractivity contribution in [3.05, 3.63) is 53.9 Å². The van der Waals surface area contributed by atoms with Crippen LogP contribution in [0.15, 0.2) is 47.4 Å². The maximum Gasteiger partial charge on any atom is 0.416 e. The van der Waals surface area contributed by atoms with E-state index >= 15 is 0 Å². The summed E-state index contributed by atoms with van der Waals surface area (Å²) in [5.74, 6) is 0.989. The average Bonchev–Trinajstić information content (AvgIpc) is 3.04. The van der Waals surface area contributed by atoms with Crippen molar-refractivity contribution in [3.8, 4) is 0 Å². The summed E-state index contributed by atoms with van der Waals surface area (Å²) < 4.78 is 41.2. The first-order chi connectivity index (χ1) is 14.7. The van der Waals surface area contributed by atoms with E-state index in [1.165, 1.54) is 12.1 Å². The predicted molar refractivity (Wildman–Crippen MR) is 120 cm³/mol. The minimum atomic E-state index is -4.35. The summed E-state index contributed by atoms with van der Waals surface area (Å²) in [6, 6.07) is 11.7. The molecule has 2 aromatic carbocycles. The van der Waals surface area contributed by atoms with Gasteiger partial charge in [0.1, 0.15) is 5.82 Å². The zero-order valence-corrected chi connectivity index (χ0v) is 18.5. The van der Waals surface area contributed by atoms with Gasteiger partial charge in [-0.1, -0.05) is 12.1 Å². The summed E-state index contributed by atoms with van der Waals surface area (Å²) in [7, 11) is 2.01. The highest BCUT2D eigenvalue weighted by Gasteiger charge is 2.32. The first-order valence-corrected chi connectivity index (χ1v) is 10.6. The van der Waals surface area contributed by atoms with Crippen LogP contribution in [0, 0.1) is 0 Å². The molecule has 1 aliphatic rings. The summed E-state index contributed by atoms with van der Waals surface area (Å²) in [4.78, 5) is 9.53. The number of alkyl halides is 3. The van der Waals surface area contributed by atoms with Crippen molar-refractivity contribution in [1.82, 2.24) is 14.5 Å². The van der Waals surface area contributed by atoms with Crippen molar-refractivity contribution in [2.75, 3.05) is 37.7 Å². The Bertz CT molecular complexity index is 1010. The normalized spacial score (nSPS) is 15.1. The maximum atomic E-state index is 13.0. The standard InChI is InChI=1S/C20H21F3N4S.C2H6O/c1-25-16-5-3-2-4-15(16)24-19(25)13-26-8-10-27(11-9-26)17-12-14(20(21,22)23)6-7-18(17)28;1-2-3/h2-7,12,28H,8-11,13H2,1H3;3H,2H2,1H3. The van der Waals surface area contributed by atoms with Gasteiger partial charge in [0.25, 0.3) is 0 Å². The van der Waals surface area contributed by atoms with Crippen molar-refractivity contribution in [2.24, 2.45) is 7.05 Å². The Balaban J connectivity index is 0.000000858. The van der Waals surface area contributed by atoms with E-state index in [2.05, 4.69) is 22.1 Å². The molecule has 1 fully saturated rings. The topological polar surface area (TPSA) is 44.5 Å². The molecule has 1 N–H and O–H groups in total. The molecule has 0 aliphatic carbocycles. The number of hydrogen-bond acceptors (Lipinski definition) is 5. The average molecular weight is 453 g/mol. The van der Waals surface area contributed by atoms with Gasteiger partial charge < -0.3 is 14.6 Å². The van der Waals surface area contributed by atoms with Crippen LogP contribution in [0.5, 0.6) is 0 Å². The number of anilines is 1. The van der Waals surface area contributed by atoms with Gasteiger partial charge in [-0.3, -0.25) is 4.90 Å². The van der Waals surface area contributed by atoms with Gasteiger partial charge in [0.2, 0.25) is 0 Å². The van der Waals surface area contributed by atoms with Gasteiger partial charge in [0, 0.05) is 44.7 Å². The molecule has 0 bridgehead atoms. The van der Waals surface area contributed by atoms with Crippen LogP contribution in [0.2, 0.25) is 0 Å². The number of aliphatic hydroxyl groups excluding tert-OH is 1. The second-order valence-corrected chi connectivity index (χ2v) is 7.84. The van der Waals surface area contributed by atoms with Crippen LogP contribution in [-0.4, -0.2) is 52.3 Å². The van der Waals surface area contributed by atoms with Crippen LogP contribution in [-0.2, 0) is 19.8 Å². The van der Waals surface area contributed by atoms with Gasteiger partial charge in [0.05, 0.1) is 28.8 Å². The maximum absolute atomic E-state index is 13.0. The largest absolute Gasteiger partial charge is 0.416 e. The van der Waals surface area contributed by atoms with E-state index in [4.69, 9.17) is 10.1 Å². The lowest BCUT2D eigenvalue weighted by atomic mass is 10.1. The molecule has 0 radical (unpaired) electrons. The number of aromatic nitrogens is 2. The van der Waals surface area contributed by atoms with E-state index in [1.54, 1.807) is 6.92 Å². The summed E-state index contributed by atoms with van der Waals surface area (Å²) in [6.45, 7) is 5.46. The third-order valence-electron chi connectivity index (χ3n) is 5.26. The summed E-state index contributed by atoms with van der Waals surface area (Å²) in [5.41, 5.74) is 1.98. The predicted octanol–water partition coefficient (Wildman–Crippen LogP) is 4.20. The number of imidazole rings is 1. The van der Waals surface area contributed by atoms with Crippen LogP contribution in [0.1, 0.15) is 18.3 Å². The van der Waals surface area contributed by atoms with Gasteiger partial charge in [0.15, 0.2) is 0 Å². The summed E-state index contributed by atoms with van der Waals surface area (Å²) in [6.07, 6.45) is -4.35. The van der Waals surface area contributed by atoms with Gasteiger partial charge >= 0.3 is 6.18 Å². The lowest BCUT2D eigenvalue weighted by Gasteiger charge is -2.36. The van der Waals surface area contributed by atoms with Gasteiger partial charge in [-0.05, 0) is 37.3 Å². The second kappa shape index (κ2) is 9.93. The summed E-state index contributed by atoms with van der Waals surface area (Å²) in [5, 5.41) is 7.57. The molecule has 168 valence electrons. The Morgan fingerprint density at radius 3 is 2.32 bits per heavy atom. The molecule has 1 aliphatic heterocycles. The number of para-hydroxylation sites is 2. The molecule has 0 saturated carbocycles. The molecule has 2 heterocycles. The first kappa shape index (κ1) is 23.4. The Labute approximate surface area is 185 Å². The van der Waals surface area contributed by atoms with Crippen LogP contribution in [0.3, 0.4) is 0 Å². The summed E-state index contributed by atoms with van der Waals surface area (Å²) >= 11 is 4.36.